The van der Waals surface area contributed by atoms with Gasteiger partial charge >= 0.3 is 0 Å². The van der Waals surface area contributed by atoms with Crippen LogP contribution in [0.3, 0.4) is 0 Å². The van der Waals surface area contributed by atoms with Crippen molar-refractivity contribution in [3.05, 3.63) is 18.2 Å². The summed E-state index contributed by atoms with van der Waals surface area (Å²) >= 11 is 0. The summed E-state index contributed by atoms with van der Waals surface area (Å²) in [5.41, 5.74) is 1.29. The molecule has 1 unspecified atom stereocenters. The number of aromatic nitrogens is 2. The zero-order valence-corrected chi connectivity index (χ0v) is 11.0. The molecule has 0 aliphatic rings. The number of hydrogen-bond acceptors (Lipinski definition) is 2. The number of nitrogens with zero attached hydrogens (tertiary/aromatic N) is 2. The lowest BCUT2D eigenvalue weighted by atomic mass is 10.0. The molecule has 0 aromatic carbocycles. The van der Waals surface area contributed by atoms with E-state index in [1.807, 2.05) is 12.5 Å². The maximum Gasteiger partial charge on any atom is 0.0948 e. The number of aryl methyl sites for hydroxylation is 1. The zero-order chi connectivity index (χ0) is 12.0. The lowest BCUT2D eigenvalue weighted by molar-refractivity contribution is 0.382. The number of imidazole rings is 1. The van der Waals surface area contributed by atoms with Gasteiger partial charge in [-0.15, -0.1) is 0 Å². The van der Waals surface area contributed by atoms with Crippen LogP contribution >= 0.6 is 0 Å². The van der Waals surface area contributed by atoms with Crippen molar-refractivity contribution in [2.45, 2.75) is 59.7 Å². The van der Waals surface area contributed by atoms with Crippen molar-refractivity contribution >= 4 is 0 Å². The molecule has 0 bridgehead atoms. The molecule has 1 N–H and O–H groups in total. The van der Waals surface area contributed by atoms with Gasteiger partial charge < -0.3 is 9.88 Å². The molecule has 3 heteroatoms. The Bertz CT molecular complexity index is 291. The van der Waals surface area contributed by atoms with Crippen LogP contribution in [-0.2, 0) is 13.1 Å². The lowest BCUT2D eigenvalue weighted by Gasteiger charge is -2.21. The minimum absolute atomic E-state index is 0.602. The van der Waals surface area contributed by atoms with Gasteiger partial charge in [0.15, 0.2) is 0 Å². The molecule has 1 aromatic heterocycles. The van der Waals surface area contributed by atoms with Crippen LogP contribution in [0, 0.1) is 5.92 Å². The second kappa shape index (κ2) is 6.69. The van der Waals surface area contributed by atoms with E-state index < -0.39 is 0 Å². The molecule has 16 heavy (non-hydrogen) atoms. The highest BCUT2D eigenvalue weighted by molar-refractivity contribution is 4.98. The first-order chi connectivity index (χ1) is 7.69. The Hall–Kier alpha value is -0.830. The molecule has 1 aromatic rings. The predicted octanol–water partition coefficient (Wildman–Crippen LogP) is 2.82. The fourth-order valence-electron chi connectivity index (χ4n) is 2.02. The second-order valence-electron chi connectivity index (χ2n) is 4.72. The monoisotopic (exact) mass is 223 g/mol. The summed E-state index contributed by atoms with van der Waals surface area (Å²) in [6, 6.07) is 0.602. The molecule has 0 aliphatic heterocycles. The molecule has 0 fully saturated rings. The molecule has 1 heterocycles. The Morgan fingerprint density at radius 2 is 2.12 bits per heavy atom. The van der Waals surface area contributed by atoms with Crippen LogP contribution < -0.4 is 5.32 Å². The molecule has 1 rings (SSSR count). The largest absolute Gasteiger partial charge is 0.333 e. The third-order valence-electron chi connectivity index (χ3n) is 3.05. The molecule has 3 nitrogen and oxygen atoms in total. The maximum absolute atomic E-state index is 4.21. The van der Waals surface area contributed by atoms with E-state index in [-0.39, 0.29) is 0 Å². The quantitative estimate of drug-likeness (QED) is 0.770. The van der Waals surface area contributed by atoms with Gasteiger partial charge in [-0.05, 0) is 18.8 Å². The Balaban J connectivity index is 2.49. The summed E-state index contributed by atoms with van der Waals surface area (Å²) in [7, 11) is 0. The summed E-state index contributed by atoms with van der Waals surface area (Å²) in [6.07, 6.45) is 6.23. The summed E-state index contributed by atoms with van der Waals surface area (Å²) < 4.78 is 2.24. The molecule has 0 saturated carbocycles. The highest BCUT2D eigenvalue weighted by Gasteiger charge is 2.10. The fourth-order valence-corrected chi connectivity index (χ4v) is 2.02. The minimum atomic E-state index is 0.602. The first-order valence-corrected chi connectivity index (χ1v) is 6.41. The van der Waals surface area contributed by atoms with Gasteiger partial charge in [0.2, 0.25) is 0 Å². The maximum atomic E-state index is 4.21. The standard InChI is InChI=1S/C13H25N3/c1-5-7-16-10-14-8-12(16)9-15-13(6-2)11(3)4/h8,10-11,13,15H,5-7,9H2,1-4H3. The van der Waals surface area contributed by atoms with Crippen molar-refractivity contribution < 1.29 is 0 Å². The van der Waals surface area contributed by atoms with Crippen molar-refractivity contribution in [1.29, 1.82) is 0 Å². The Morgan fingerprint density at radius 3 is 2.69 bits per heavy atom. The Labute approximate surface area is 99.3 Å². The van der Waals surface area contributed by atoms with E-state index in [1.54, 1.807) is 0 Å². The van der Waals surface area contributed by atoms with Gasteiger partial charge in [-0.2, -0.15) is 0 Å². The number of nitrogens with one attached hydrogen (secondary N) is 1. The average Bonchev–Trinajstić information content (AvgIpc) is 2.67. The summed E-state index contributed by atoms with van der Waals surface area (Å²) in [5.74, 6) is 0.688. The lowest BCUT2D eigenvalue weighted by Crippen LogP contribution is -2.33. The highest BCUT2D eigenvalue weighted by atomic mass is 15.1. The van der Waals surface area contributed by atoms with Crippen LogP contribution in [0.4, 0.5) is 0 Å². The zero-order valence-electron chi connectivity index (χ0n) is 11.0. The fraction of sp³-hybridized carbons (Fsp3) is 0.769. The second-order valence-corrected chi connectivity index (χ2v) is 4.72. The van der Waals surface area contributed by atoms with Crippen LogP contribution in [0.15, 0.2) is 12.5 Å². The van der Waals surface area contributed by atoms with Gasteiger partial charge in [-0.3, -0.25) is 0 Å². The van der Waals surface area contributed by atoms with Crippen molar-refractivity contribution in [2.24, 2.45) is 5.92 Å². The molecular weight excluding hydrogens is 198 g/mol. The molecule has 92 valence electrons. The molecule has 1 atom stereocenters. The molecule has 0 aliphatic carbocycles. The smallest absolute Gasteiger partial charge is 0.0948 e. The van der Waals surface area contributed by atoms with E-state index in [2.05, 4.69) is 42.6 Å². The normalized spacial score (nSPS) is 13.3. The third kappa shape index (κ3) is 3.63. The number of rotatable bonds is 7. The predicted molar refractivity (Wildman–Crippen MR) is 68.3 cm³/mol. The van der Waals surface area contributed by atoms with Crippen molar-refractivity contribution in [2.75, 3.05) is 0 Å². The molecule has 0 radical (unpaired) electrons. The van der Waals surface area contributed by atoms with Crippen LogP contribution in [0.2, 0.25) is 0 Å². The summed E-state index contributed by atoms with van der Waals surface area (Å²) in [5, 5.41) is 3.61. The van der Waals surface area contributed by atoms with Gasteiger partial charge in [0.25, 0.3) is 0 Å². The van der Waals surface area contributed by atoms with E-state index in [9.17, 15) is 0 Å². The molecular formula is C13H25N3. The first kappa shape index (κ1) is 13.2. The van der Waals surface area contributed by atoms with E-state index in [0.29, 0.717) is 12.0 Å². The highest BCUT2D eigenvalue weighted by Crippen LogP contribution is 2.07. The Morgan fingerprint density at radius 1 is 1.38 bits per heavy atom. The van der Waals surface area contributed by atoms with Crippen molar-refractivity contribution in [3.63, 3.8) is 0 Å². The Kier molecular flexibility index (Phi) is 5.53. The molecule has 0 saturated heterocycles. The van der Waals surface area contributed by atoms with E-state index in [0.717, 1.165) is 19.5 Å². The van der Waals surface area contributed by atoms with Gasteiger partial charge in [-0.25, -0.2) is 4.98 Å². The topological polar surface area (TPSA) is 29.9 Å². The molecule has 0 spiro atoms. The van der Waals surface area contributed by atoms with Gasteiger partial charge in [0, 0.05) is 25.3 Å². The van der Waals surface area contributed by atoms with E-state index in [4.69, 9.17) is 0 Å². The van der Waals surface area contributed by atoms with Crippen LogP contribution in [-0.4, -0.2) is 15.6 Å². The number of hydrogen-bond donors (Lipinski definition) is 1. The molecule has 0 amide bonds. The van der Waals surface area contributed by atoms with Gasteiger partial charge in [-0.1, -0.05) is 27.7 Å². The van der Waals surface area contributed by atoms with Crippen molar-refractivity contribution in [3.8, 4) is 0 Å². The third-order valence-corrected chi connectivity index (χ3v) is 3.05. The van der Waals surface area contributed by atoms with Gasteiger partial charge in [0.05, 0.1) is 12.0 Å². The van der Waals surface area contributed by atoms with Crippen LogP contribution in [0.5, 0.6) is 0 Å². The van der Waals surface area contributed by atoms with E-state index >= 15 is 0 Å². The summed E-state index contributed by atoms with van der Waals surface area (Å²) in [6.45, 7) is 11.0. The SMILES string of the molecule is CCCn1cncc1CNC(CC)C(C)C. The summed E-state index contributed by atoms with van der Waals surface area (Å²) in [4.78, 5) is 4.21. The average molecular weight is 223 g/mol. The van der Waals surface area contributed by atoms with E-state index in [1.165, 1.54) is 12.1 Å². The van der Waals surface area contributed by atoms with Crippen LogP contribution in [0.1, 0.15) is 46.2 Å². The van der Waals surface area contributed by atoms with Gasteiger partial charge in [0.1, 0.15) is 0 Å². The first-order valence-electron chi connectivity index (χ1n) is 6.41. The van der Waals surface area contributed by atoms with Crippen LogP contribution in [0.25, 0.3) is 0 Å². The minimum Gasteiger partial charge on any atom is -0.333 e. The van der Waals surface area contributed by atoms with Crippen molar-refractivity contribution in [1.82, 2.24) is 14.9 Å².